The number of halogens is 2. The molecule has 1 amide bonds. The highest BCUT2D eigenvalue weighted by Crippen LogP contribution is 2.20. The number of sulfonamides is 1. The number of hydrogen-bond donors (Lipinski definition) is 1. The lowest BCUT2D eigenvalue weighted by Crippen LogP contribution is -2.23. The van der Waals surface area contributed by atoms with E-state index >= 15 is 0 Å². The molecule has 9 heteroatoms. The number of carbonyl (C=O) groups excluding carboxylic acids is 1. The SMILES string of the molecule is CN(C)/C=N/S(=O)(=O)c1cc(Cl)cc(CNC(=O)CCl)c1. The van der Waals surface area contributed by atoms with Crippen LogP contribution in [0.2, 0.25) is 5.02 Å². The van der Waals surface area contributed by atoms with Crippen LogP contribution in [0.3, 0.4) is 0 Å². The normalized spacial score (nSPS) is 11.6. The Morgan fingerprint density at radius 2 is 2.05 bits per heavy atom. The maximum Gasteiger partial charge on any atom is 0.283 e. The van der Waals surface area contributed by atoms with Crippen LogP contribution in [0.4, 0.5) is 0 Å². The molecule has 0 aliphatic carbocycles. The predicted octanol–water partition coefficient (Wildman–Crippen LogP) is 1.47. The van der Waals surface area contributed by atoms with Gasteiger partial charge in [0, 0.05) is 25.7 Å². The molecule has 0 saturated heterocycles. The summed E-state index contributed by atoms with van der Waals surface area (Å²) in [5.74, 6) is -0.523. The van der Waals surface area contributed by atoms with E-state index in [0.717, 1.165) is 0 Å². The molecule has 1 aromatic rings. The van der Waals surface area contributed by atoms with Gasteiger partial charge in [0.1, 0.15) is 12.2 Å². The van der Waals surface area contributed by atoms with Gasteiger partial charge in [0.2, 0.25) is 5.91 Å². The van der Waals surface area contributed by atoms with Gasteiger partial charge < -0.3 is 10.2 Å². The van der Waals surface area contributed by atoms with E-state index in [2.05, 4.69) is 9.71 Å². The zero-order chi connectivity index (χ0) is 16.0. The van der Waals surface area contributed by atoms with Gasteiger partial charge in [-0.2, -0.15) is 8.42 Å². The quantitative estimate of drug-likeness (QED) is 0.478. The molecule has 0 bridgehead atoms. The largest absolute Gasteiger partial charge is 0.368 e. The van der Waals surface area contributed by atoms with Gasteiger partial charge in [-0.25, -0.2) is 0 Å². The van der Waals surface area contributed by atoms with Gasteiger partial charge in [0.05, 0.1) is 4.90 Å². The molecule has 6 nitrogen and oxygen atoms in total. The maximum atomic E-state index is 12.0. The molecule has 0 aliphatic rings. The van der Waals surface area contributed by atoms with Crippen LogP contribution >= 0.6 is 23.2 Å². The topological polar surface area (TPSA) is 78.8 Å². The molecule has 0 radical (unpaired) electrons. The molecule has 0 heterocycles. The fraction of sp³-hybridized carbons (Fsp3) is 0.333. The fourth-order valence-corrected chi connectivity index (χ4v) is 2.76. The summed E-state index contributed by atoms with van der Waals surface area (Å²) in [5, 5.41) is 2.78. The van der Waals surface area contributed by atoms with Crippen molar-refractivity contribution in [1.82, 2.24) is 10.2 Å². The van der Waals surface area contributed by atoms with Gasteiger partial charge in [0.15, 0.2) is 0 Å². The standard InChI is InChI=1S/C12H15Cl2N3O3S/c1-17(2)8-16-21(19,20)11-4-9(3-10(14)5-11)7-15-12(18)6-13/h3-5,8H,6-7H2,1-2H3,(H,15,18)/b16-8+. The third-order valence-electron chi connectivity index (χ3n) is 2.26. The molecule has 21 heavy (non-hydrogen) atoms. The smallest absolute Gasteiger partial charge is 0.283 e. The van der Waals surface area contributed by atoms with Crippen LogP contribution in [0.15, 0.2) is 27.5 Å². The van der Waals surface area contributed by atoms with Gasteiger partial charge in [-0.05, 0) is 23.8 Å². The lowest BCUT2D eigenvalue weighted by atomic mass is 10.2. The first-order valence-corrected chi connectivity index (χ1v) is 8.19. The van der Waals surface area contributed by atoms with Gasteiger partial charge in [-0.1, -0.05) is 11.6 Å². The van der Waals surface area contributed by atoms with E-state index in [9.17, 15) is 13.2 Å². The Bertz CT molecular complexity index is 645. The van der Waals surface area contributed by atoms with Crippen molar-refractivity contribution in [2.24, 2.45) is 4.40 Å². The van der Waals surface area contributed by atoms with Crippen molar-refractivity contribution in [3.05, 3.63) is 28.8 Å². The summed E-state index contributed by atoms with van der Waals surface area (Å²) in [6.07, 6.45) is 1.19. The van der Waals surface area contributed by atoms with Crippen LogP contribution in [-0.2, 0) is 21.4 Å². The van der Waals surface area contributed by atoms with E-state index in [4.69, 9.17) is 23.2 Å². The number of alkyl halides is 1. The summed E-state index contributed by atoms with van der Waals surface area (Å²) in [6, 6.07) is 4.27. The van der Waals surface area contributed by atoms with Gasteiger partial charge in [-0.15, -0.1) is 16.0 Å². The molecule has 1 aromatic carbocycles. The first-order chi connectivity index (χ1) is 9.74. The van der Waals surface area contributed by atoms with Crippen LogP contribution in [0, 0.1) is 0 Å². The Morgan fingerprint density at radius 3 is 2.62 bits per heavy atom. The molecule has 0 saturated carbocycles. The summed E-state index contributed by atoms with van der Waals surface area (Å²) >= 11 is 11.3. The highest BCUT2D eigenvalue weighted by Gasteiger charge is 2.14. The molecule has 116 valence electrons. The van der Waals surface area contributed by atoms with Crippen LogP contribution < -0.4 is 5.32 Å². The summed E-state index contributed by atoms with van der Waals surface area (Å²) in [4.78, 5) is 12.6. The zero-order valence-electron chi connectivity index (χ0n) is 11.5. The van der Waals surface area contributed by atoms with Crippen molar-refractivity contribution in [2.45, 2.75) is 11.4 Å². The van der Waals surface area contributed by atoms with Gasteiger partial charge >= 0.3 is 0 Å². The lowest BCUT2D eigenvalue weighted by Gasteiger charge is -2.07. The zero-order valence-corrected chi connectivity index (χ0v) is 13.8. The van der Waals surface area contributed by atoms with E-state index in [1.165, 1.54) is 23.4 Å². The fourth-order valence-electron chi connectivity index (χ4n) is 1.34. The minimum Gasteiger partial charge on any atom is -0.368 e. The number of nitrogens with zero attached hydrogens (tertiary/aromatic N) is 2. The van der Waals surface area contributed by atoms with Crippen molar-refractivity contribution >= 4 is 45.5 Å². The van der Waals surface area contributed by atoms with Crippen LogP contribution in [-0.4, -0.2) is 45.5 Å². The highest BCUT2D eigenvalue weighted by molar-refractivity contribution is 7.90. The van der Waals surface area contributed by atoms with Crippen molar-refractivity contribution < 1.29 is 13.2 Å². The molecule has 0 unspecified atom stereocenters. The Kier molecular flexibility index (Phi) is 6.44. The Hall–Kier alpha value is -1.31. The molecule has 1 N–H and O–H groups in total. The van der Waals surface area contributed by atoms with Crippen LogP contribution in [0.1, 0.15) is 5.56 Å². The van der Waals surface area contributed by atoms with Crippen molar-refractivity contribution in [3.8, 4) is 0 Å². The van der Waals surface area contributed by atoms with Crippen LogP contribution in [0.25, 0.3) is 0 Å². The second kappa shape index (κ2) is 7.63. The molecule has 0 aromatic heterocycles. The molecule has 0 fully saturated rings. The summed E-state index contributed by atoms with van der Waals surface area (Å²) in [6.45, 7) is 0.131. The number of benzene rings is 1. The summed E-state index contributed by atoms with van der Waals surface area (Å²) < 4.78 is 27.6. The number of rotatable bonds is 6. The van der Waals surface area contributed by atoms with E-state index in [1.54, 1.807) is 20.2 Å². The van der Waals surface area contributed by atoms with E-state index < -0.39 is 10.0 Å². The van der Waals surface area contributed by atoms with E-state index in [-0.39, 0.29) is 28.3 Å². The molecule has 0 atom stereocenters. The van der Waals surface area contributed by atoms with E-state index in [1.807, 2.05) is 0 Å². The number of hydrogen-bond acceptors (Lipinski definition) is 3. The lowest BCUT2D eigenvalue weighted by molar-refractivity contribution is -0.118. The van der Waals surface area contributed by atoms with E-state index in [0.29, 0.717) is 5.56 Å². The Labute approximate surface area is 133 Å². The first kappa shape index (κ1) is 17.7. The predicted molar refractivity (Wildman–Crippen MR) is 83.4 cm³/mol. The second-order valence-electron chi connectivity index (χ2n) is 4.37. The van der Waals surface area contributed by atoms with Gasteiger partial charge in [-0.3, -0.25) is 4.79 Å². The van der Waals surface area contributed by atoms with Crippen LogP contribution in [0.5, 0.6) is 0 Å². The minimum atomic E-state index is -3.84. The number of amides is 1. The summed E-state index contributed by atoms with van der Waals surface area (Å²) in [5.41, 5.74) is 0.541. The average molecular weight is 352 g/mol. The van der Waals surface area contributed by atoms with Crippen molar-refractivity contribution in [3.63, 3.8) is 0 Å². The Morgan fingerprint density at radius 1 is 1.38 bits per heavy atom. The average Bonchev–Trinajstić information content (AvgIpc) is 2.42. The van der Waals surface area contributed by atoms with Crippen molar-refractivity contribution in [2.75, 3.05) is 20.0 Å². The third-order valence-corrected chi connectivity index (χ3v) is 3.92. The van der Waals surface area contributed by atoms with Crippen molar-refractivity contribution in [1.29, 1.82) is 0 Å². The second-order valence-corrected chi connectivity index (χ2v) is 6.70. The number of carbonyl (C=O) groups is 1. The minimum absolute atomic E-state index is 0.0387. The van der Waals surface area contributed by atoms with Gasteiger partial charge in [0.25, 0.3) is 10.0 Å². The Balaban J connectivity index is 3.04. The highest BCUT2D eigenvalue weighted by atomic mass is 35.5. The number of nitrogens with one attached hydrogen (secondary N) is 1. The maximum absolute atomic E-state index is 12.0. The molecule has 1 rings (SSSR count). The molecule has 0 spiro atoms. The molecular weight excluding hydrogens is 337 g/mol. The molecular formula is C12H15Cl2N3O3S. The molecule has 0 aliphatic heterocycles. The monoisotopic (exact) mass is 351 g/mol. The third kappa shape index (κ3) is 5.91. The summed E-state index contributed by atoms with van der Waals surface area (Å²) in [7, 11) is -0.526. The first-order valence-electron chi connectivity index (χ1n) is 5.83.